The number of aliphatic hydroxyl groups excluding tert-OH is 1. The molecule has 4 unspecified atom stereocenters. The zero-order chi connectivity index (χ0) is 31.8. The Kier molecular flexibility index (Phi) is 7.30. The van der Waals surface area contributed by atoms with Crippen LogP contribution in [0, 0.1) is 0 Å². The summed E-state index contributed by atoms with van der Waals surface area (Å²) in [4.78, 5) is 52.0. The fraction of sp³-hybridized carbons (Fsp3) is 0.476. The lowest BCUT2D eigenvalue weighted by Crippen LogP contribution is -2.36. The first-order valence-electron chi connectivity index (χ1n) is 13.0. The molecule has 0 radical (unpaired) electrons. The second kappa shape index (κ2) is 10.9. The summed E-state index contributed by atoms with van der Waals surface area (Å²) in [7, 11) is -10.0. The van der Waals surface area contributed by atoms with E-state index in [2.05, 4.69) is 24.9 Å². The molecular formula is C21H24FN9O12P2. The van der Waals surface area contributed by atoms with Gasteiger partial charge in [0.15, 0.2) is 54.2 Å². The summed E-state index contributed by atoms with van der Waals surface area (Å²) in [6.45, 7) is -0.852. The van der Waals surface area contributed by atoms with Crippen molar-refractivity contribution < 1.29 is 56.2 Å². The molecule has 0 aliphatic carbocycles. The predicted molar refractivity (Wildman–Crippen MR) is 145 cm³/mol. The average molecular weight is 675 g/mol. The van der Waals surface area contributed by atoms with Gasteiger partial charge in [0.25, 0.3) is 5.56 Å². The highest BCUT2D eigenvalue weighted by molar-refractivity contribution is 7.52. The summed E-state index contributed by atoms with van der Waals surface area (Å²) < 4.78 is 76.5. The number of anilines is 2. The number of nitrogens with zero attached hydrogens (tertiary/aromatic N) is 6. The number of fused-ring (bicyclic) bond motifs is 5. The van der Waals surface area contributed by atoms with Crippen LogP contribution in [0.2, 0.25) is 0 Å². The highest BCUT2D eigenvalue weighted by Crippen LogP contribution is 2.53. The number of phosphoric acid groups is 1. The van der Waals surface area contributed by atoms with Gasteiger partial charge in [0.05, 0.1) is 24.9 Å². The van der Waals surface area contributed by atoms with Crippen molar-refractivity contribution in [3.63, 3.8) is 0 Å². The molecule has 0 saturated carbocycles. The quantitative estimate of drug-likeness (QED) is 0.142. The summed E-state index contributed by atoms with van der Waals surface area (Å²) >= 11 is 0. The van der Waals surface area contributed by atoms with Gasteiger partial charge in [0.2, 0.25) is 5.95 Å². The molecule has 21 nitrogen and oxygen atoms in total. The van der Waals surface area contributed by atoms with Gasteiger partial charge in [0.1, 0.15) is 23.8 Å². The third kappa shape index (κ3) is 5.32. The van der Waals surface area contributed by atoms with Gasteiger partial charge in [-0.3, -0.25) is 37.0 Å². The third-order valence-electron chi connectivity index (χ3n) is 7.27. The Morgan fingerprint density at radius 1 is 1.00 bits per heavy atom. The third-order valence-corrected chi connectivity index (χ3v) is 9.31. The van der Waals surface area contributed by atoms with Crippen molar-refractivity contribution in [3.8, 4) is 0 Å². The van der Waals surface area contributed by atoms with E-state index in [1.807, 2.05) is 0 Å². The molecule has 0 spiro atoms. The average Bonchev–Trinajstić information content (AvgIpc) is 3.72. The van der Waals surface area contributed by atoms with Gasteiger partial charge in [0, 0.05) is 6.20 Å². The Labute approximate surface area is 249 Å². The van der Waals surface area contributed by atoms with E-state index in [0.717, 1.165) is 10.9 Å². The van der Waals surface area contributed by atoms with Crippen LogP contribution in [-0.4, -0.2) is 98.8 Å². The molecule has 24 heteroatoms. The van der Waals surface area contributed by atoms with E-state index in [0.29, 0.717) is 0 Å². The number of aromatic nitrogens is 7. The molecule has 45 heavy (non-hydrogen) atoms. The van der Waals surface area contributed by atoms with E-state index in [1.54, 1.807) is 0 Å². The van der Waals surface area contributed by atoms with Crippen molar-refractivity contribution in [2.45, 2.75) is 49.3 Å². The topological polar surface area (TPSA) is 297 Å². The number of aromatic amines is 1. The largest absolute Gasteiger partial charge is 0.472 e. The molecule has 7 heterocycles. The first kappa shape index (κ1) is 30.3. The van der Waals surface area contributed by atoms with Gasteiger partial charge in [-0.05, 0) is 6.07 Å². The summed E-state index contributed by atoms with van der Waals surface area (Å²) in [5.41, 5.74) is 11.2. The Morgan fingerprint density at radius 2 is 1.73 bits per heavy atom. The number of nitrogen functional groups attached to an aromatic ring is 2. The minimum absolute atomic E-state index is 0.194. The smallest absolute Gasteiger partial charge is 0.397 e. The maximum atomic E-state index is 15.7. The lowest BCUT2D eigenvalue weighted by atomic mass is 10.1. The molecule has 3 fully saturated rings. The standard InChI is InChI=1S/C21H24FN9O12P2/c22-9-14-19(31-5-27-11-16(31)28-21(24)29-17(11)33)41-20(9)38-6-44(34,35)42-13-8(3-39-45(36,37)43-14)40-18(12(13)32)30-4-26-10-7(23)1-2-25-15(10)30/h1-2,4-5,8-9,12-14,18-20,32H,3,6H2,(H2,23,25)(H,34,35)(H,36,37)(H3,24,28,29,33)/t8-,9-,12?,13+,14?,18-,19-,20+/m1/s1. The summed E-state index contributed by atoms with van der Waals surface area (Å²) in [5, 5.41) is 11.1. The number of hydrogen-bond donors (Lipinski definition) is 6. The molecule has 4 aromatic heterocycles. The number of aliphatic hydroxyl groups is 1. The minimum Gasteiger partial charge on any atom is -0.397 e. The Balaban J connectivity index is 1.21. The van der Waals surface area contributed by atoms with Crippen LogP contribution in [0.3, 0.4) is 0 Å². The van der Waals surface area contributed by atoms with E-state index in [4.69, 9.17) is 39.2 Å². The highest BCUT2D eigenvalue weighted by atomic mass is 31.2. The number of nitrogens with one attached hydrogen (secondary N) is 1. The van der Waals surface area contributed by atoms with Crippen LogP contribution in [0.15, 0.2) is 29.7 Å². The fourth-order valence-corrected chi connectivity index (χ4v) is 7.25. The monoisotopic (exact) mass is 675 g/mol. The van der Waals surface area contributed by atoms with E-state index in [1.165, 1.54) is 23.2 Å². The predicted octanol–water partition coefficient (Wildman–Crippen LogP) is -0.759. The molecule has 0 aromatic carbocycles. The number of alkyl halides is 1. The van der Waals surface area contributed by atoms with E-state index >= 15 is 4.39 Å². The molecule has 7 rings (SSSR count). The highest BCUT2D eigenvalue weighted by Gasteiger charge is 2.54. The summed E-state index contributed by atoms with van der Waals surface area (Å²) in [6, 6.07) is 1.50. The molecule has 3 aliphatic rings. The number of hydrogen-bond acceptors (Lipinski definition) is 16. The Morgan fingerprint density at radius 3 is 2.51 bits per heavy atom. The summed E-state index contributed by atoms with van der Waals surface area (Å²) in [6.07, 6.45) is -11.6. The van der Waals surface area contributed by atoms with Gasteiger partial charge in [-0.25, -0.2) is 23.9 Å². The Bertz CT molecular complexity index is 1940. The zero-order valence-corrected chi connectivity index (χ0v) is 24.3. The number of phosphoric ester groups is 1. The molecule has 8 N–H and O–H groups in total. The minimum atomic E-state index is -5.20. The number of rotatable bonds is 2. The lowest BCUT2D eigenvalue weighted by molar-refractivity contribution is -0.159. The van der Waals surface area contributed by atoms with E-state index in [-0.39, 0.29) is 34.0 Å². The van der Waals surface area contributed by atoms with Gasteiger partial charge in [-0.1, -0.05) is 0 Å². The molecule has 242 valence electrons. The first-order valence-corrected chi connectivity index (χ1v) is 16.3. The van der Waals surface area contributed by atoms with Crippen LogP contribution in [0.1, 0.15) is 12.5 Å². The summed E-state index contributed by atoms with van der Waals surface area (Å²) in [5.74, 6) is -0.319. The molecular weight excluding hydrogens is 651 g/mol. The van der Waals surface area contributed by atoms with Crippen molar-refractivity contribution in [2.24, 2.45) is 0 Å². The van der Waals surface area contributed by atoms with Crippen molar-refractivity contribution >= 4 is 49.4 Å². The van der Waals surface area contributed by atoms with Crippen LogP contribution in [-0.2, 0) is 36.9 Å². The van der Waals surface area contributed by atoms with Crippen LogP contribution < -0.4 is 17.0 Å². The van der Waals surface area contributed by atoms with E-state index < -0.39 is 83.3 Å². The second-order valence-corrected chi connectivity index (χ2v) is 13.4. The van der Waals surface area contributed by atoms with Crippen molar-refractivity contribution in [1.29, 1.82) is 0 Å². The van der Waals surface area contributed by atoms with Crippen LogP contribution in [0.4, 0.5) is 16.0 Å². The van der Waals surface area contributed by atoms with Gasteiger partial charge < -0.3 is 40.6 Å². The van der Waals surface area contributed by atoms with Crippen LogP contribution >= 0.6 is 15.4 Å². The number of H-pyrrole nitrogens is 1. The Hall–Kier alpha value is -3.40. The van der Waals surface area contributed by atoms with Crippen molar-refractivity contribution in [3.05, 3.63) is 35.3 Å². The van der Waals surface area contributed by atoms with E-state index in [9.17, 15) is 28.8 Å². The second-order valence-electron chi connectivity index (χ2n) is 10.2. The molecule has 3 saturated heterocycles. The molecule has 10 atom stereocenters. The number of pyridine rings is 1. The zero-order valence-electron chi connectivity index (χ0n) is 22.5. The number of imidazole rings is 2. The SMILES string of the molecule is Nc1nc2c(ncn2[C@@H]2O[C@@H]3OCP(=O)(O)O[C@@H]4C(O)[C@H](n5cnc6c(N)ccnc65)O[C@@H]4COP(=O)(O)OC2[C@H]3F)c(=O)[nH]1. The van der Waals surface area contributed by atoms with Crippen LogP contribution in [0.25, 0.3) is 22.3 Å². The van der Waals surface area contributed by atoms with Gasteiger partial charge in [-0.2, -0.15) is 4.98 Å². The lowest BCUT2D eigenvalue weighted by Gasteiger charge is -2.25. The van der Waals surface area contributed by atoms with Crippen molar-refractivity contribution in [2.75, 3.05) is 24.4 Å². The van der Waals surface area contributed by atoms with Crippen molar-refractivity contribution in [1.82, 2.24) is 34.1 Å². The molecule has 2 bridgehead atoms. The molecule has 4 aromatic rings. The maximum absolute atomic E-state index is 15.7. The van der Waals surface area contributed by atoms with Gasteiger partial charge >= 0.3 is 15.4 Å². The van der Waals surface area contributed by atoms with Gasteiger partial charge in [-0.15, -0.1) is 0 Å². The first-order chi connectivity index (χ1) is 21.3. The maximum Gasteiger partial charge on any atom is 0.472 e. The number of ether oxygens (including phenoxy) is 3. The number of halogens is 1. The normalized spacial score (nSPS) is 37.7. The molecule has 3 aliphatic heterocycles. The molecule has 0 amide bonds. The number of nitrogens with two attached hydrogens (primary N) is 2. The fourth-order valence-electron chi connectivity index (χ4n) is 5.29. The van der Waals surface area contributed by atoms with Crippen LogP contribution in [0.5, 0.6) is 0 Å².